The minimum Gasteiger partial charge on any atom is -0.339 e. The fraction of sp³-hybridized carbons (Fsp3) is 0.632. The molecule has 1 aliphatic heterocycles. The number of aryl methyl sites for hydroxylation is 1. The first-order chi connectivity index (χ1) is 12.7. The van der Waals surface area contributed by atoms with Gasteiger partial charge >= 0.3 is 6.03 Å². The van der Waals surface area contributed by atoms with Gasteiger partial charge in [-0.05, 0) is 50.0 Å². The average Bonchev–Trinajstić information content (AvgIpc) is 3.42. The molecule has 2 amide bonds. The summed E-state index contributed by atoms with van der Waals surface area (Å²) < 4.78 is 5.30. The number of carbonyl (C=O) groups excluding carboxylic acids is 1. The highest BCUT2D eigenvalue weighted by Gasteiger charge is 2.32. The lowest BCUT2D eigenvalue weighted by atomic mass is 9.96. The number of nitrogens with one attached hydrogen (secondary N) is 1. The molecule has 1 saturated heterocycles. The van der Waals surface area contributed by atoms with E-state index < -0.39 is 0 Å². The van der Waals surface area contributed by atoms with Crippen LogP contribution in [0.25, 0.3) is 0 Å². The van der Waals surface area contributed by atoms with Crippen molar-refractivity contribution in [1.82, 2.24) is 20.4 Å². The predicted molar refractivity (Wildman–Crippen MR) is 100 cm³/mol. The zero-order valence-corrected chi connectivity index (χ0v) is 16.0. The summed E-state index contributed by atoms with van der Waals surface area (Å²) in [6.45, 7) is 3.31. The first kappa shape index (κ1) is 17.5. The molecule has 3 heterocycles. The highest BCUT2D eigenvalue weighted by molar-refractivity contribution is 7.10. The van der Waals surface area contributed by atoms with Crippen LogP contribution in [0.15, 0.2) is 22.0 Å². The van der Waals surface area contributed by atoms with E-state index in [1.54, 1.807) is 11.3 Å². The van der Waals surface area contributed by atoms with Crippen LogP contribution in [-0.2, 0) is 0 Å². The maximum atomic E-state index is 12.9. The Morgan fingerprint density at radius 3 is 2.69 bits per heavy atom. The Kier molecular flexibility index (Phi) is 5.24. The Labute approximate surface area is 158 Å². The summed E-state index contributed by atoms with van der Waals surface area (Å²) in [7, 11) is 0. The molecule has 1 atom stereocenters. The fourth-order valence-corrected chi connectivity index (χ4v) is 5.08. The maximum absolute atomic E-state index is 12.9. The Bertz CT molecular complexity index is 716. The zero-order valence-electron chi connectivity index (χ0n) is 15.2. The second-order valence-corrected chi connectivity index (χ2v) is 8.41. The Morgan fingerprint density at radius 2 is 2.08 bits per heavy atom. The van der Waals surface area contributed by atoms with Crippen LogP contribution in [0.4, 0.5) is 4.79 Å². The number of hydrogen-bond donors (Lipinski definition) is 1. The van der Waals surface area contributed by atoms with E-state index in [2.05, 4.69) is 33.0 Å². The van der Waals surface area contributed by atoms with Crippen molar-refractivity contribution in [1.29, 1.82) is 0 Å². The molecular weight excluding hydrogens is 348 g/mol. The smallest absolute Gasteiger partial charge is 0.317 e. The molecule has 1 saturated carbocycles. The minimum atomic E-state index is 0.0652. The molecule has 0 bridgehead atoms. The van der Waals surface area contributed by atoms with E-state index in [0.717, 1.165) is 25.9 Å². The Hall–Kier alpha value is -1.89. The lowest BCUT2D eigenvalue weighted by Gasteiger charge is -2.33. The molecule has 1 aliphatic carbocycles. The third kappa shape index (κ3) is 3.77. The molecule has 1 N–H and O–H groups in total. The number of thiophene rings is 1. The van der Waals surface area contributed by atoms with E-state index in [-0.39, 0.29) is 18.0 Å². The van der Waals surface area contributed by atoms with E-state index in [0.29, 0.717) is 17.6 Å². The van der Waals surface area contributed by atoms with Gasteiger partial charge in [-0.15, -0.1) is 11.3 Å². The second-order valence-electron chi connectivity index (χ2n) is 7.43. The summed E-state index contributed by atoms with van der Waals surface area (Å²) in [5.74, 6) is 2.22. The van der Waals surface area contributed by atoms with Crippen LogP contribution in [0, 0.1) is 12.8 Å². The molecule has 2 aromatic heterocycles. The van der Waals surface area contributed by atoms with Gasteiger partial charge in [0.25, 0.3) is 0 Å². The van der Waals surface area contributed by atoms with Crippen molar-refractivity contribution in [3.63, 3.8) is 0 Å². The van der Waals surface area contributed by atoms with E-state index in [9.17, 15) is 4.79 Å². The molecule has 26 heavy (non-hydrogen) atoms. The highest BCUT2D eigenvalue weighted by Crippen LogP contribution is 2.37. The average molecular weight is 375 g/mol. The number of nitrogens with zero attached hydrogens (tertiary/aromatic N) is 3. The molecular formula is C19H26N4O2S. The number of rotatable bonds is 4. The van der Waals surface area contributed by atoms with Crippen LogP contribution in [0.1, 0.15) is 67.1 Å². The lowest BCUT2D eigenvalue weighted by Crippen LogP contribution is -2.46. The van der Waals surface area contributed by atoms with Crippen molar-refractivity contribution < 1.29 is 9.32 Å². The van der Waals surface area contributed by atoms with Crippen LogP contribution < -0.4 is 5.32 Å². The monoisotopic (exact) mass is 374 g/mol. The number of aromatic nitrogens is 2. The second kappa shape index (κ2) is 7.78. The van der Waals surface area contributed by atoms with Gasteiger partial charge < -0.3 is 14.7 Å². The van der Waals surface area contributed by atoms with Gasteiger partial charge in [-0.1, -0.05) is 24.1 Å². The van der Waals surface area contributed by atoms with Crippen molar-refractivity contribution in [2.24, 2.45) is 5.92 Å². The standard InChI is InChI=1S/C19H26N4O2S/c1-13-20-18(25-22-13)15-8-10-23(11-9-15)19(24)21-17(14-5-2-3-6-14)16-7-4-12-26-16/h4,7,12,14-15,17H,2-3,5-6,8-11H2,1H3,(H,21,24)/t17-/m0/s1. The number of amides is 2. The van der Waals surface area contributed by atoms with Gasteiger partial charge in [0.15, 0.2) is 5.82 Å². The van der Waals surface area contributed by atoms with E-state index >= 15 is 0 Å². The van der Waals surface area contributed by atoms with Gasteiger partial charge in [-0.25, -0.2) is 4.79 Å². The van der Waals surface area contributed by atoms with Crippen molar-refractivity contribution in [2.75, 3.05) is 13.1 Å². The molecule has 0 unspecified atom stereocenters. The number of hydrogen-bond acceptors (Lipinski definition) is 5. The SMILES string of the molecule is Cc1noc(C2CCN(C(=O)N[C@H](c3cccs3)C3CCCC3)CC2)n1. The largest absolute Gasteiger partial charge is 0.339 e. The summed E-state index contributed by atoms with van der Waals surface area (Å²) in [5.41, 5.74) is 0. The van der Waals surface area contributed by atoms with Crippen molar-refractivity contribution >= 4 is 17.4 Å². The first-order valence-corrected chi connectivity index (χ1v) is 10.5. The maximum Gasteiger partial charge on any atom is 0.317 e. The van der Waals surface area contributed by atoms with Crippen LogP contribution in [0.2, 0.25) is 0 Å². The summed E-state index contributed by atoms with van der Waals surface area (Å²) >= 11 is 1.75. The molecule has 2 aromatic rings. The molecule has 2 aliphatic rings. The van der Waals surface area contributed by atoms with Gasteiger partial charge in [-0.2, -0.15) is 4.98 Å². The van der Waals surface area contributed by atoms with Crippen LogP contribution >= 0.6 is 11.3 Å². The topological polar surface area (TPSA) is 71.3 Å². The molecule has 2 fully saturated rings. The van der Waals surface area contributed by atoms with Crippen molar-refractivity contribution in [3.8, 4) is 0 Å². The van der Waals surface area contributed by atoms with Gasteiger partial charge in [0, 0.05) is 23.9 Å². The quantitative estimate of drug-likeness (QED) is 0.868. The fourth-order valence-electron chi connectivity index (χ4n) is 4.21. The number of likely N-dealkylation sites (tertiary alicyclic amines) is 1. The first-order valence-electron chi connectivity index (χ1n) is 9.60. The summed E-state index contributed by atoms with van der Waals surface area (Å²) in [4.78, 5) is 20.4. The number of urea groups is 1. The Morgan fingerprint density at radius 1 is 1.31 bits per heavy atom. The lowest BCUT2D eigenvalue weighted by molar-refractivity contribution is 0.168. The van der Waals surface area contributed by atoms with Crippen LogP contribution in [-0.4, -0.2) is 34.2 Å². The van der Waals surface area contributed by atoms with Crippen molar-refractivity contribution in [3.05, 3.63) is 34.1 Å². The summed E-state index contributed by atoms with van der Waals surface area (Å²) in [5, 5.41) is 9.31. The van der Waals surface area contributed by atoms with E-state index in [1.807, 2.05) is 11.8 Å². The van der Waals surface area contributed by atoms with Gasteiger partial charge in [0.1, 0.15) is 0 Å². The van der Waals surface area contributed by atoms with Gasteiger partial charge in [0.2, 0.25) is 5.89 Å². The Balaban J connectivity index is 1.36. The molecule has 0 spiro atoms. The summed E-state index contributed by atoms with van der Waals surface area (Å²) in [6.07, 6.45) is 6.72. The van der Waals surface area contributed by atoms with E-state index in [4.69, 9.17) is 4.52 Å². The molecule has 0 radical (unpaired) electrons. The molecule has 7 heteroatoms. The van der Waals surface area contributed by atoms with Crippen LogP contribution in [0.3, 0.4) is 0 Å². The van der Waals surface area contributed by atoms with E-state index in [1.165, 1.54) is 30.6 Å². The normalized spacial score (nSPS) is 20.4. The summed E-state index contributed by atoms with van der Waals surface area (Å²) in [6, 6.07) is 4.45. The molecule has 6 nitrogen and oxygen atoms in total. The third-order valence-corrected chi connectivity index (χ3v) is 6.63. The number of piperidine rings is 1. The van der Waals surface area contributed by atoms with Gasteiger partial charge in [0.05, 0.1) is 6.04 Å². The van der Waals surface area contributed by atoms with Gasteiger partial charge in [-0.3, -0.25) is 0 Å². The molecule has 4 rings (SSSR count). The molecule has 140 valence electrons. The number of carbonyl (C=O) groups is 1. The zero-order chi connectivity index (χ0) is 17.9. The molecule has 0 aromatic carbocycles. The third-order valence-electron chi connectivity index (χ3n) is 5.67. The predicted octanol–water partition coefficient (Wildman–Crippen LogP) is 4.26. The minimum absolute atomic E-state index is 0.0652. The highest BCUT2D eigenvalue weighted by atomic mass is 32.1. The van der Waals surface area contributed by atoms with Crippen LogP contribution in [0.5, 0.6) is 0 Å². The van der Waals surface area contributed by atoms with Crippen molar-refractivity contribution in [2.45, 2.75) is 57.4 Å².